The van der Waals surface area contributed by atoms with Crippen molar-refractivity contribution in [2.24, 2.45) is 5.92 Å². The molecule has 0 aromatic heterocycles. The van der Waals surface area contributed by atoms with E-state index in [9.17, 15) is 4.79 Å². The zero-order valence-electron chi connectivity index (χ0n) is 15.1. The fraction of sp³-hybridized carbons (Fsp3) is 0.632. The van der Waals surface area contributed by atoms with Gasteiger partial charge in [0.1, 0.15) is 11.5 Å². The molecule has 1 aromatic carbocycles. The van der Waals surface area contributed by atoms with Crippen LogP contribution in [0.15, 0.2) is 18.2 Å². The van der Waals surface area contributed by atoms with Gasteiger partial charge in [-0.3, -0.25) is 4.79 Å². The largest absolute Gasteiger partial charge is 0.497 e. The van der Waals surface area contributed by atoms with Gasteiger partial charge in [-0.1, -0.05) is 33.1 Å². The molecule has 0 saturated heterocycles. The Bertz CT molecular complexity index is 484. The summed E-state index contributed by atoms with van der Waals surface area (Å²) in [5.74, 6) is 1.22. The summed E-state index contributed by atoms with van der Waals surface area (Å²) in [6.45, 7) is 6.65. The lowest BCUT2D eigenvalue weighted by molar-refractivity contribution is -0.146. The highest BCUT2D eigenvalue weighted by Gasteiger charge is 2.22. The lowest BCUT2D eigenvalue weighted by Gasteiger charge is -2.19. The normalized spacial score (nSPS) is 13.3. The van der Waals surface area contributed by atoms with E-state index < -0.39 is 0 Å². The van der Waals surface area contributed by atoms with Crippen molar-refractivity contribution in [2.45, 2.75) is 52.4 Å². The van der Waals surface area contributed by atoms with E-state index in [4.69, 9.17) is 14.2 Å². The van der Waals surface area contributed by atoms with Crippen LogP contribution in [0.5, 0.6) is 11.5 Å². The lowest BCUT2D eigenvalue weighted by atomic mass is 9.99. The molecule has 0 amide bonds. The Labute approximate surface area is 140 Å². The Kier molecular flexibility index (Phi) is 8.52. The molecule has 130 valence electrons. The van der Waals surface area contributed by atoms with Crippen molar-refractivity contribution < 1.29 is 19.0 Å². The molecule has 1 rings (SSSR count). The summed E-state index contributed by atoms with van der Waals surface area (Å²) in [6.07, 6.45) is 4.48. The maximum atomic E-state index is 12.4. The van der Waals surface area contributed by atoms with E-state index in [1.807, 2.05) is 25.1 Å². The molecule has 0 saturated carbocycles. The van der Waals surface area contributed by atoms with Crippen LogP contribution in [0.1, 0.15) is 57.9 Å². The Hall–Kier alpha value is -1.71. The average Bonchev–Trinajstić information content (AvgIpc) is 2.60. The second-order valence-corrected chi connectivity index (χ2v) is 5.88. The molecule has 0 aliphatic carbocycles. The van der Waals surface area contributed by atoms with Gasteiger partial charge in [-0.15, -0.1) is 0 Å². The van der Waals surface area contributed by atoms with Gasteiger partial charge in [0.05, 0.1) is 26.7 Å². The highest BCUT2D eigenvalue weighted by Crippen LogP contribution is 2.31. The number of unbranched alkanes of at least 4 members (excludes halogenated alkanes) is 1. The third-order valence-electron chi connectivity index (χ3n) is 4.26. The van der Waals surface area contributed by atoms with Crippen molar-refractivity contribution in [1.29, 1.82) is 0 Å². The molecule has 0 aliphatic rings. The van der Waals surface area contributed by atoms with Gasteiger partial charge in [-0.05, 0) is 37.5 Å². The molecule has 0 fully saturated rings. The highest BCUT2D eigenvalue weighted by atomic mass is 16.5. The first-order valence-electron chi connectivity index (χ1n) is 8.45. The smallest absolute Gasteiger partial charge is 0.313 e. The molecule has 0 aliphatic heterocycles. The number of hydrogen-bond donors (Lipinski definition) is 0. The SMILES string of the molecule is CCCCC(CC)COC(=O)C(C)c1cc(OC)ccc1OC. The van der Waals surface area contributed by atoms with Crippen LogP contribution in [0, 0.1) is 5.92 Å². The minimum Gasteiger partial charge on any atom is -0.497 e. The molecule has 1 aromatic rings. The quantitative estimate of drug-likeness (QED) is 0.592. The van der Waals surface area contributed by atoms with E-state index >= 15 is 0 Å². The molecule has 0 spiro atoms. The van der Waals surface area contributed by atoms with Crippen LogP contribution in [0.3, 0.4) is 0 Å². The predicted molar refractivity (Wildman–Crippen MR) is 92.2 cm³/mol. The van der Waals surface area contributed by atoms with Crippen LogP contribution in [0.2, 0.25) is 0 Å². The monoisotopic (exact) mass is 322 g/mol. The zero-order chi connectivity index (χ0) is 17.2. The van der Waals surface area contributed by atoms with Gasteiger partial charge in [0.2, 0.25) is 0 Å². The van der Waals surface area contributed by atoms with Crippen LogP contribution in [0.25, 0.3) is 0 Å². The molecule has 0 N–H and O–H groups in total. The number of hydrogen-bond acceptors (Lipinski definition) is 4. The van der Waals surface area contributed by atoms with Crippen molar-refractivity contribution >= 4 is 5.97 Å². The molecule has 2 atom stereocenters. The first-order valence-corrected chi connectivity index (χ1v) is 8.45. The summed E-state index contributed by atoms with van der Waals surface area (Å²) in [4.78, 5) is 12.4. The first-order chi connectivity index (χ1) is 11.1. The van der Waals surface area contributed by atoms with Gasteiger partial charge in [-0.2, -0.15) is 0 Å². The predicted octanol–water partition coefficient (Wildman–Crippen LogP) is 4.57. The Morgan fingerprint density at radius 1 is 1.17 bits per heavy atom. The second kappa shape index (κ2) is 10.1. The number of rotatable bonds is 10. The first kappa shape index (κ1) is 19.3. The number of esters is 1. The molecule has 23 heavy (non-hydrogen) atoms. The van der Waals surface area contributed by atoms with Crippen LogP contribution in [-0.2, 0) is 9.53 Å². The van der Waals surface area contributed by atoms with E-state index in [1.54, 1.807) is 14.2 Å². The number of carbonyl (C=O) groups excluding carboxylic acids is 1. The van der Waals surface area contributed by atoms with Crippen molar-refractivity contribution in [3.05, 3.63) is 23.8 Å². The van der Waals surface area contributed by atoms with Crippen molar-refractivity contribution in [3.63, 3.8) is 0 Å². The van der Waals surface area contributed by atoms with Gasteiger partial charge < -0.3 is 14.2 Å². The van der Waals surface area contributed by atoms with Gasteiger partial charge in [-0.25, -0.2) is 0 Å². The molecule has 4 nitrogen and oxygen atoms in total. The number of benzene rings is 1. The van der Waals surface area contributed by atoms with Crippen LogP contribution < -0.4 is 9.47 Å². The third-order valence-corrected chi connectivity index (χ3v) is 4.26. The van der Waals surface area contributed by atoms with Gasteiger partial charge >= 0.3 is 5.97 Å². The highest BCUT2D eigenvalue weighted by molar-refractivity contribution is 5.79. The van der Waals surface area contributed by atoms with Crippen LogP contribution >= 0.6 is 0 Å². The number of carbonyl (C=O) groups is 1. The zero-order valence-corrected chi connectivity index (χ0v) is 15.1. The van der Waals surface area contributed by atoms with Gasteiger partial charge in [0.15, 0.2) is 0 Å². The molecule has 0 bridgehead atoms. The van der Waals surface area contributed by atoms with E-state index in [1.165, 1.54) is 12.8 Å². The van der Waals surface area contributed by atoms with E-state index in [0.29, 0.717) is 24.0 Å². The van der Waals surface area contributed by atoms with Crippen LogP contribution in [-0.4, -0.2) is 26.8 Å². The maximum Gasteiger partial charge on any atom is 0.313 e. The van der Waals surface area contributed by atoms with Gasteiger partial charge in [0.25, 0.3) is 0 Å². The van der Waals surface area contributed by atoms with Crippen LogP contribution in [0.4, 0.5) is 0 Å². The average molecular weight is 322 g/mol. The van der Waals surface area contributed by atoms with Crippen molar-refractivity contribution in [1.82, 2.24) is 0 Å². The Morgan fingerprint density at radius 2 is 1.91 bits per heavy atom. The fourth-order valence-electron chi connectivity index (χ4n) is 2.53. The Balaban J connectivity index is 2.72. The Morgan fingerprint density at radius 3 is 2.48 bits per heavy atom. The number of methoxy groups -OCH3 is 2. The fourth-order valence-corrected chi connectivity index (χ4v) is 2.53. The van der Waals surface area contributed by atoms with E-state index in [0.717, 1.165) is 18.4 Å². The summed E-state index contributed by atoms with van der Waals surface area (Å²) in [5, 5.41) is 0. The summed E-state index contributed by atoms with van der Waals surface area (Å²) in [7, 11) is 3.20. The number of ether oxygens (including phenoxy) is 3. The summed E-state index contributed by atoms with van der Waals surface area (Å²) in [5.41, 5.74) is 0.790. The standard InChI is InChI=1S/C19H30O4/c1-6-8-9-15(7-2)13-23-19(20)14(3)17-12-16(21-4)10-11-18(17)22-5/h10-12,14-15H,6-9,13H2,1-5H3. The van der Waals surface area contributed by atoms with Gasteiger partial charge in [0, 0.05) is 5.56 Å². The molecular weight excluding hydrogens is 292 g/mol. The lowest BCUT2D eigenvalue weighted by Crippen LogP contribution is -2.18. The molecular formula is C19H30O4. The van der Waals surface area contributed by atoms with E-state index in [-0.39, 0.29) is 11.9 Å². The summed E-state index contributed by atoms with van der Waals surface area (Å²) >= 11 is 0. The minimum absolute atomic E-state index is 0.216. The molecule has 2 unspecified atom stereocenters. The molecule has 0 heterocycles. The maximum absolute atomic E-state index is 12.4. The second-order valence-electron chi connectivity index (χ2n) is 5.88. The summed E-state index contributed by atoms with van der Waals surface area (Å²) < 4.78 is 16.1. The van der Waals surface area contributed by atoms with Crippen molar-refractivity contribution in [3.8, 4) is 11.5 Å². The van der Waals surface area contributed by atoms with Crippen molar-refractivity contribution in [2.75, 3.05) is 20.8 Å². The minimum atomic E-state index is -0.385. The van der Waals surface area contributed by atoms with E-state index in [2.05, 4.69) is 13.8 Å². The summed E-state index contributed by atoms with van der Waals surface area (Å²) in [6, 6.07) is 5.46. The molecule has 0 radical (unpaired) electrons. The molecule has 4 heteroatoms. The third kappa shape index (κ3) is 5.77. The topological polar surface area (TPSA) is 44.8 Å².